The van der Waals surface area contributed by atoms with Gasteiger partial charge in [0, 0.05) is 39.1 Å². The molecule has 0 aromatic rings. The summed E-state index contributed by atoms with van der Waals surface area (Å²) in [5.41, 5.74) is 5.79. The first-order chi connectivity index (χ1) is 7.49. The second-order valence-corrected chi connectivity index (χ2v) is 4.27. The molecule has 1 heterocycles. The summed E-state index contributed by atoms with van der Waals surface area (Å²) in [6.07, 6.45) is 0.534. The summed E-state index contributed by atoms with van der Waals surface area (Å²) in [7, 11) is 0. The summed E-state index contributed by atoms with van der Waals surface area (Å²) >= 11 is 0. The van der Waals surface area contributed by atoms with Gasteiger partial charge < -0.3 is 16.2 Å². The van der Waals surface area contributed by atoms with Gasteiger partial charge in [0.2, 0.25) is 5.91 Å². The predicted molar refractivity (Wildman–Crippen MR) is 58.8 cm³/mol. The van der Waals surface area contributed by atoms with E-state index in [0.717, 1.165) is 0 Å². The van der Waals surface area contributed by atoms with Crippen molar-refractivity contribution in [3.63, 3.8) is 0 Å². The van der Waals surface area contributed by atoms with Crippen molar-refractivity contribution in [3.05, 3.63) is 0 Å². The Balaban J connectivity index is 2.35. The fourth-order valence-corrected chi connectivity index (χ4v) is 1.98. The van der Waals surface area contributed by atoms with Crippen LogP contribution in [0.4, 0.5) is 0 Å². The number of carbonyl (C=O) groups is 2. The van der Waals surface area contributed by atoms with Gasteiger partial charge >= 0.3 is 5.97 Å². The molecule has 92 valence electrons. The van der Waals surface area contributed by atoms with Crippen molar-refractivity contribution >= 4 is 11.9 Å². The molecule has 0 saturated carbocycles. The molecule has 0 bridgehead atoms. The van der Waals surface area contributed by atoms with E-state index in [-0.39, 0.29) is 17.9 Å². The Morgan fingerprint density at radius 3 is 2.75 bits per heavy atom. The zero-order valence-electron chi connectivity index (χ0n) is 9.48. The van der Waals surface area contributed by atoms with Gasteiger partial charge in [-0.2, -0.15) is 0 Å². The molecule has 2 unspecified atom stereocenters. The van der Waals surface area contributed by atoms with E-state index >= 15 is 0 Å². The number of rotatable bonds is 4. The molecule has 4 N–H and O–H groups in total. The molecule has 1 saturated heterocycles. The molecular formula is C10H19N3O3. The van der Waals surface area contributed by atoms with Crippen LogP contribution in [-0.2, 0) is 9.59 Å². The zero-order chi connectivity index (χ0) is 12.1. The largest absolute Gasteiger partial charge is 0.481 e. The van der Waals surface area contributed by atoms with Gasteiger partial charge in [-0.25, -0.2) is 0 Å². The summed E-state index contributed by atoms with van der Waals surface area (Å²) in [5.74, 6) is -1.25. The lowest BCUT2D eigenvalue weighted by atomic mass is 9.95. The van der Waals surface area contributed by atoms with Gasteiger partial charge in [0.25, 0.3) is 0 Å². The van der Waals surface area contributed by atoms with Crippen molar-refractivity contribution in [3.8, 4) is 0 Å². The summed E-state index contributed by atoms with van der Waals surface area (Å²) in [4.78, 5) is 23.5. The first-order valence-electron chi connectivity index (χ1n) is 5.44. The molecular weight excluding hydrogens is 210 g/mol. The van der Waals surface area contributed by atoms with E-state index in [2.05, 4.69) is 5.32 Å². The van der Waals surface area contributed by atoms with Crippen molar-refractivity contribution in [1.29, 1.82) is 0 Å². The van der Waals surface area contributed by atoms with Crippen LogP contribution in [0.2, 0.25) is 0 Å². The Hall–Kier alpha value is -1.14. The van der Waals surface area contributed by atoms with Gasteiger partial charge in [-0.05, 0) is 6.42 Å². The van der Waals surface area contributed by atoms with Crippen molar-refractivity contribution in [2.24, 2.45) is 11.7 Å². The highest BCUT2D eigenvalue weighted by atomic mass is 16.4. The van der Waals surface area contributed by atoms with Crippen molar-refractivity contribution < 1.29 is 14.7 Å². The predicted octanol–water partition coefficient (Wildman–Crippen LogP) is -1.14. The molecule has 1 aliphatic rings. The van der Waals surface area contributed by atoms with Crippen LogP contribution in [0.25, 0.3) is 0 Å². The van der Waals surface area contributed by atoms with E-state index < -0.39 is 5.97 Å². The molecule has 2 atom stereocenters. The van der Waals surface area contributed by atoms with Gasteiger partial charge in [-0.1, -0.05) is 0 Å². The third-order valence-electron chi connectivity index (χ3n) is 2.71. The summed E-state index contributed by atoms with van der Waals surface area (Å²) < 4.78 is 0. The van der Waals surface area contributed by atoms with Gasteiger partial charge in [-0.15, -0.1) is 0 Å². The molecule has 16 heavy (non-hydrogen) atoms. The average Bonchev–Trinajstić information content (AvgIpc) is 2.16. The molecule has 0 aromatic carbocycles. The standard InChI is InChI=1S/C10H19N3O3/c1-7(14)12-2-3-13-5-8(10(15)16)4-9(11)6-13/h8-9H,2-6,11H2,1H3,(H,12,14)(H,15,16). The molecule has 0 spiro atoms. The first kappa shape index (κ1) is 12.9. The zero-order valence-corrected chi connectivity index (χ0v) is 9.48. The van der Waals surface area contributed by atoms with Crippen molar-refractivity contribution in [2.45, 2.75) is 19.4 Å². The van der Waals surface area contributed by atoms with E-state index in [0.29, 0.717) is 32.6 Å². The van der Waals surface area contributed by atoms with Crippen molar-refractivity contribution in [1.82, 2.24) is 10.2 Å². The van der Waals surface area contributed by atoms with Crippen LogP contribution in [-0.4, -0.2) is 54.1 Å². The Morgan fingerprint density at radius 1 is 1.50 bits per heavy atom. The second-order valence-electron chi connectivity index (χ2n) is 4.27. The highest BCUT2D eigenvalue weighted by molar-refractivity contribution is 5.72. The quantitative estimate of drug-likeness (QED) is 0.566. The second kappa shape index (κ2) is 5.81. The minimum atomic E-state index is -0.792. The topological polar surface area (TPSA) is 95.7 Å². The van der Waals surface area contributed by atoms with Crippen LogP contribution in [0, 0.1) is 5.92 Å². The molecule has 1 aliphatic heterocycles. The van der Waals surface area contributed by atoms with Gasteiger partial charge in [0.15, 0.2) is 0 Å². The fraction of sp³-hybridized carbons (Fsp3) is 0.800. The minimum Gasteiger partial charge on any atom is -0.481 e. The lowest BCUT2D eigenvalue weighted by Crippen LogP contribution is -2.50. The maximum atomic E-state index is 10.9. The maximum Gasteiger partial charge on any atom is 0.307 e. The number of nitrogens with zero attached hydrogens (tertiary/aromatic N) is 1. The number of amides is 1. The van der Waals surface area contributed by atoms with Crippen LogP contribution in [0.3, 0.4) is 0 Å². The fourth-order valence-electron chi connectivity index (χ4n) is 1.98. The van der Waals surface area contributed by atoms with Crippen molar-refractivity contribution in [2.75, 3.05) is 26.2 Å². The van der Waals surface area contributed by atoms with Crippen LogP contribution in [0.15, 0.2) is 0 Å². The number of aliphatic carboxylic acids is 1. The van der Waals surface area contributed by atoms with Crippen LogP contribution < -0.4 is 11.1 Å². The molecule has 1 rings (SSSR count). The number of hydrogen-bond donors (Lipinski definition) is 3. The monoisotopic (exact) mass is 229 g/mol. The molecule has 6 heteroatoms. The number of carboxylic acids is 1. The van der Waals surface area contributed by atoms with Crippen LogP contribution in [0.5, 0.6) is 0 Å². The Labute approximate surface area is 94.8 Å². The molecule has 6 nitrogen and oxygen atoms in total. The van der Waals surface area contributed by atoms with Crippen LogP contribution >= 0.6 is 0 Å². The molecule has 0 aromatic heterocycles. The summed E-state index contributed by atoms with van der Waals surface area (Å²) in [6, 6.07) is -0.0906. The van der Waals surface area contributed by atoms with E-state index in [1.807, 2.05) is 4.90 Å². The Kier molecular flexibility index (Phi) is 4.70. The highest BCUT2D eigenvalue weighted by Crippen LogP contribution is 2.15. The van der Waals surface area contributed by atoms with Gasteiger partial charge in [-0.3, -0.25) is 14.5 Å². The molecule has 1 fully saturated rings. The van der Waals surface area contributed by atoms with E-state index in [1.54, 1.807) is 0 Å². The lowest BCUT2D eigenvalue weighted by Gasteiger charge is -2.34. The number of likely N-dealkylation sites (tertiary alicyclic amines) is 1. The Bertz CT molecular complexity index is 270. The number of carbonyl (C=O) groups excluding carboxylic acids is 1. The van der Waals surface area contributed by atoms with E-state index in [1.165, 1.54) is 6.92 Å². The van der Waals surface area contributed by atoms with E-state index in [9.17, 15) is 9.59 Å². The minimum absolute atomic E-state index is 0.0731. The normalized spacial score (nSPS) is 26.4. The molecule has 1 amide bonds. The summed E-state index contributed by atoms with van der Waals surface area (Å²) in [6.45, 7) is 3.86. The number of piperidine rings is 1. The maximum absolute atomic E-state index is 10.9. The molecule has 0 radical (unpaired) electrons. The highest BCUT2D eigenvalue weighted by Gasteiger charge is 2.29. The van der Waals surface area contributed by atoms with Gasteiger partial charge in [0.1, 0.15) is 0 Å². The van der Waals surface area contributed by atoms with E-state index in [4.69, 9.17) is 10.8 Å². The number of nitrogens with two attached hydrogens (primary N) is 1. The Morgan fingerprint density at radius 2 is 2.19 bits per heavy atom. The first-order valence-corrected chi connectivity index (χ1v) is 5.44. The average molecular weight is 229 g/mol. The number of nitrogens with one attached hydrogen (secondary N) is 1. The SMILES string of the molecule is CC(=O)NCCN1CC(N)CC(C(=O)O)C1. The lowest BCUT2D eigenvalue weighted by molar-refractivity contribution is -0.143. The smallest absolute Gasteiger partial charge is 0.307 e. The summed E-state index contributed by atoms with van der Waals surface area (Å²) in [5, 5.41) is 11.6. The van der Waals surface area contributed by atoms with Crippen LogP contribution in [0.1, 0.15) is 13.3 Å². The van der Waals surface area contributed by atoms with Gasteiger partial charge in [0.05, 0.1) is 5.92 Å². The molecule has 0 aliphatic carbocycles. The number of hydrogen-bond acceptors (Lipinski definition) is 4. The third-order valence-corrected chi connectivity index (χ3v) is 2.71. The number of carboxylic acid groups (broad SMARTS) is 1. The third kappa shape index (κ3) is 4.16.